The number of carbonyl (C=O) groups excluding carboxylic acids is 1. The van der Waals surface area contributed by atoms with Gasteiger partial charge in [0, 0.05) is 45.1 Å². The van der Waals surface area contributed by atoms with E-state index in [1.165, 1.54) is 0 Å². The van der Waals surface area contributed by atoms with E-state index in [0.717, 1.165) is 69.7 Å². The maximum Gasteiger partial charge on any atom is 0.416 e. The molecule has 1 aliphatic heterocycles. The topological polar surface area (TPSA) is 59.4 Å². The molecule has 1 heterocycles. The number of hydrogen-bond donors (Lipinski definition) is 1. The van der Waals surface area contributed by atoms with Crippen LogP contribution in [0.25, 0.3) is 0 Å². The summed E-state index contributed by atoms with van der Waals surface area (Å²) in [5.74, 6) is 0.0756. The molecule has 5 nitrogen and oxygen atoms in total. The summed E-state index contributed by atoms with van der Waals surface area (Å²) in [6.45, 7) is 3.34. The molecule has 3 rings (SSSR count). The largest absolute Gasteiger partial charge is 0.416 e. The van der Waals surface area contributed by atoms with Crippen LogP contribution in [0.4, 0.5) is 23.2 Å². The van der Waals surface area contributed by atoms with E-state index < -0.39 is 17.6 Å². The van der Waals surface area contributed by atoms with Crippen molar-refractivity contribution in [3.05, 3.63) is 29.6 Å². The van der Waals surface area contributed by atoms with Gasteiger partial charge in [-0.05, 0) is 75.6 Å². The zero-order valence-electron chi connectivity index (χ0n) is 19.5. The van der Waals surface area contributed by atoms with Crippen LogP contribution in [0.15, 0.2) is 18.2 Å². The molecule has 0 spiro atoms. The van der Waals surface area contributed by atoms with Gasteiger partial charge in [-0.3, -0.25) is 9.69 Å². The summed E-state index contributed by atoms with van der Waals surface area (Å²) in [5, 5.41) is 11.7. The summed E-state index contributed by atoms with van der Waals surface area (Å²) >= 11 is 0. The Morgan fingerprint density at radius 3 is 2.44 bits per heavy atom. The van der Waals surface area contributed by atoms with Crippen LogP contribution in [0, 0.1) is 23.1 Å². The van der Waals surface area contributed by atoms with E-state index in [-0.39, 0.29) is 17.6 Å². The Hall–Kier alpha value is -2.34. The van der Waals surface area contributed by atoms with Gasteiger partial charge in [-0.25, -0.2) is 4.39 Å². The zero-order chi connectivity index (χ0) is 24.6. The first-order valence-electron chi connectivity index (χ1n) is 12.3. The molecule has 0 atom stereocenters. The van der Waals surface area contributed by atoms with Gasteiger partial charge >= 0.3 is 6.18 Å². The van der Waals surface area contributed by atoms with E-state index in [0.29, 0.717) is 44.9 Å². The molecule has 1 aromatic carbocycles. The normalized spacial score (nSPS) is 21.8. The van der Waals surface area contributed by atoms with Crippen molar-refractivity contribution in [1.29, 1.82) is 5.26 Å². The van der Waals surface area contributed by atoms with Gasteiger partial charge in [0.05, 0.1) is 17.3 Å². The fourth-order valence-electron chi connectivity index (χ4n) is 4.89. The lowest BCUT2D eigenvalue weighted by Gasteiger charge is -2.37. The highest BCUT2D eigenvalue weighted by molar-refractivity contribution is 5.76. The average Bonchev–Trinajstić information content (AvgIpc) is 2.81. The average molecular weight is 483 g/mol. The first-order chi connectivity index (χ1) is 16.3. The van der Waals surface area contributed by atoms with Crippen LogP contribution < -0.4 is 10.2 Å². The number of nitrogens with zero attached hydrogens (tertiary/aromatic N) is 3. The van der Waals surface area contributed by atoms with E-state index in [2.05, 4.69) is 16.3 Å². The molecule has 1 N–H and O–H groups in total. The van der Waals surface area contributed by atoms with Gasteiger partial charge in [0.1, 0.15) is 5.82 Å². The predicted molar refractivity (Wildman–Crippen MR) is 123 cm³/mol. The predicted octanol–water partition coefficient (Wildman–Crippen LogP) is 5.12. The quantitative estimate of drug-likeness (QED) is 0.392. The molecule has 0 radical (unpaired) electrons. The summed E-state index contributed by atoms with van der Waals surface area (Å²) in [7, 11) is 0. The number of rotatable bonds is 9. The molecule has 2 fully saturated rings. The summed E-state index contributed by atoms with van der Waals surface area (Å²) in [6, 6.07) is 4.93. The minimum atomic E-state index is -4.48. The third-order valence-electron chi connectivity index (χ3n) is 6.99. The molecule has 1 aliphatic carbocycles. The van der Waals surface area contributed by atoms with Crippen molar-refractivity contribution in [3.8, 4) is 6.07 Å². The number of hydrogen-bond acceptors (Lipinski definition) is 4. The highest BCUT2D eigenvalue weighted by atomic mass is 19.4. The van der Waals surface area contributed by atoms with Crippen molar-refractivity contribution in [2.45, 2.75) is 70.0 Å². The lowest BCUT2D eigenvalue weighted by atomic mass is 9.84. The molecule has 1 amide bonds. The summed E-state index contributed by atoms with van der Waals surface area (Å²) in [4.78, 5) is 16.0. The Morgan fingerprint density at radius 2 is 1.79 bits per heavy atom. The Bertz CT molecular complexity index is 838. The molecular formula is C25H34F4N4O. The molecule has 0 bridgehead atoms. The second-order valence-corrected chi connectivity index (χ2v) is 9.43. The number of nitrogens with one attached hydrogen (secondary N) is 1. The van der Waals surface area contributed by atoms with E-state index in [4.69, 9.17) is 5.26 Å². The molecule has 2 aliphatic rings. The number of unbranched alkanes of at least 4 members (excludes halogenated alkanes) is 2. The van der Waals surface area contributed by atoms with Crippen LogP contribution >= 0.6 is 0 Å². The van der Waals surface area contributed by atoms with Crippen molar-refractivity contribution < 1.29 is 22.4 Å². The molecule has 1 aromatic rings. The summed E-state index contributed by atoms with van der Waals surface area (Å²) in [6.07, 6.45) is 3.20. The SMILES string of the molecule is N#CCCCCC(=O)NC1CCC(CCN2CCN(c3cc(C(F)(F)F)ccc3F)CC2)CC1. The van der Waals surface area contributed by atoms with Crippen LogP contribution in [0.5, 0.6) is 0 Å². The number of nitriles is 1. The Labute approximate surface area is 199 Å². The van der Waals surface area contributed by atoms with E-state index >= 15 is 0 Å². The van der Waals surface area contributed by atoms with Crippen LogP contribution in [-0.2, 0) is 11.0 Å². The van der Waals surface area contributed by atoms with Gasteiger partial charge in [0.25, 0.3) is 0 Å². The molecule has 1 saturated carbocycles. The van der Waals surface area contributed by atoms with Crippen molar-refractivity contribution in [2.75, 3.05) is 37.6 Å². The number of amides is 1. The lowest BCUT2D eigenvalue weighted by molar-refractivity contribution is -0.137. The third-order valence-corrected chi connectivity index (χ3v) is 6.99. The van der Waals surface area contributed by atoms with Gasteiger partial charge in [-0.1, -0.05) is 0 Å². The first kappa shape index (κ1) is 26.3. The Balaban J connectivity index is 1.34. The van der Waals surface area contributed by atoms with E-state index in [1.54, 1.807) is 4.90 Å². The van der Waals surface area contributed by atoms with E-state index in [9.17, 15) is 22.4 Å². The molecule has 0 unspecified atom stereocenters. The standard InChI is InChI=1S/C25H34F4N4O/c26-22-10-7-20(25(27,28)29)18-23(22)33-16-14-32(15-17-33)13-11-19-5-8-21(9-6-19)31-24(34)4-2-1-3-12-30/h7,10,18-19,21H,1-6,8-9,11,13-17H2,(H,31,34). The maximum atomic E-state index is 14.2. The van der Waals surface area contributed by atoms with Gasteiger partial charge < -0.3 is 10.2 Å². The van der Waals surface area contributed by atoms with Gasteiger partial charge in [0.15, 0.2) is 0 Å². The van der Waals surface area contributed by atoms with Crippen LogP contribution in [0.3, 0.4) is 0 Å². The Morgan fingerprint density at radius 1 is 1.09 bits per heavy atom. The van der Waals surface area contributed by atoms with Crippen molar-refractivity contribution in [1.82, 2.24) is 10.2 Å². The second kappa shape index (κ2) is 12.4. The molecule has 34 heavy (non-hydrogen) atoms. The number of anilines is 1. The highest BCUT2D eigenvalue weighted by Crippen LogP contribution is 2.33. The summed E-state index contributed by atoms with van der Waals surface area (Å²) in [5.41, 5.74) is -0.794. The molecular weight excluding hydrogens is 448 g/mol. The first-order valence-corrected chi connectivity index (χ1v) is 12.3. The maximum absolute atomic E-state index is 14.2. The van der Waals surface area contributed by atoms with Gasteiger partial charge in [-0.2, -0.15) is 18.4 Å². The van der Waals surface area contributed by atoms with Crippen molar-refractivity contribution >= 4 is 11.6 Å². The number of halogens is 4. The number of piperazine rings is 1. The zero-order valence-corrected chi connectivity index (χ0v) is 19.5. The number of carbonyl (C=O) groups is 1. The minimum absolute atomic E-state index is 0.0277. The third kappa shape index (κ3) is 7.86. The number of alkyl halides is 3. The lowest BCUT2D eigenvalue weighted by Crippen LogP contribution is -2.47. The van der Waals surface area contributed by atoms with Crippen LogP contribution in [0.2, 0.25) is 0 Å². The Kier molecular flexibility index (Phi) is 9.57. The fourth-order valence-corrected chi connectivity index (χ4v) is 4.89. The van der Waals surface area contributed by atoms with Crippen LogP contribution in [0.1, 0.15) is 63.4 Å². The van der Waals surface area contributed by atoms with E-state index in [1.807, 2.05) is 0 Å². The summed E-state index contributed by atoms with van der Waals surface area (Å²) < 4.78 is 53.1. The highest BCUT2D eigenvalue weighted by Gasteiger charge is 2.32. The molecule has 1 saturated heterocycles. The number of benzene rings is 1. The van der Waals surface area contributed by atoms with Crippen molar-refractivity contribution in [2.24, 2.45) is 5.92 Å². The minimum Gasteiger partial charge on any atom is -0.367 e. The van der Waals surface area contributed by atoms with Gasteiger partial charge in [-0.15, -0.1) is 0 Å². The second-order valence-electron chi connectivity index (χ2n) is 9.43. The van der Waals surface area contributed by atoms with Crippen LogP contribution in [-0.4, -0.2) is 49.6 Å². The monoisotopic (exact) mass is 482 g/mol. The van der Waals surface area contributed by atoms with Crippen molar-refractivity contribution in [3.63, 3.8) is 0 Å². The molecule has 188 valence electrons. The molecule has 0 aromatic heterocycles. The smallest absolute Gasteiger partial charge is 0.367 e. The molecule has 9 heteroatoms. The fraction of sp³-hybridized carbons (Fsp3) is 0.680. The van der Waals surface area contributed by atoms with Gasteiger partial charge in [0.2, 0.25) is 5.91 Å².